The first-order valence-corrected chi connectivity index (χ1v) is 7.39. The molecule has 0 radical (unpaired) electrons. The van der Waals surface area contributed by atoms with Gasteiger partial charge >= 0.3 is 0 Å². The highest BCUT2D eigenvalue weighted by Crippen LogP contribution is 2.03. The van der Waals surface area contributed by atoms with Crippen LogP contribution in [0.1, 0.15) is 25.7 Å². The van der Waals surface area contributed by atoms with Gasteiger partial charge in [0.2, 0.25) is 0 Å². The van der Waals surface area contributed by atoms with Gasteiger partial charge in [-0.15, -0.1) is 11.6 Å². The zero-order valence-corrected chi connectivity index (χ0v) is 11.7. The summed E-state index contributed by atoms with van der Waals surface area (Å²) in [5.74, 6) is 0.357. The highest BCUT2D eigenvalue weighted by atomic mass is 35.5. The number of nitrogens with one attached hydrogen (secondary N) is 3. The average molecular weight is 278 g/mol. The molecule has 106 valence electrons. The van der Waals surface area contributed by atoms with Gasteiger partial charge in [0.15, 0.2) is 0 Å². The van der Waals surface area contributed by atoms with E-state index in [1.165, 1.54) is 25.5 Å². The number of alkyl halides is 2. The molecule has 1 heterocycles. The SMILES string of the molecule is FC/C=C(\CCl)NCCCCNC[C@@H]1CCCN1. The third-order valence-electron chi connectivity index (χ3n) is 3.15. The van der Waals surface area contributed by atoms with Crippen LogP contribution >= 0.6 is 11.6 Å². The Labute approximate surface area is 115 Å². The average Bonchev–Trinajstić information content (AvgIpc) is 2.89. The fraction of sp³-hybridized carbons (Fsp3) is 0.846. The zero-order chi connectivity index (χ0) is 13.1. The molecule has 0 aliphatic carbocycles. The Balaban J connectivity index is 1.87. The molecule has 0 unspecified atom stereocenters. The molecule has 1 aliphatic rings. The Morgan fingerprint density at radius 2 is 2.22 bits per heavy atom. The third kappa shape index (κ3) is 7.19. The molecule has 1 aliphatic heterocycles. The molecule has 0 bridgehead atoms. The minimum atomic E-state index is -0.453. The van der Waals surface area contributed by atoms with Crippen molar-refractivity contribution in [3.63, 3.8) is 0 Å². The van der Waals surface area contributed by atoms with Crippen LogP contribution in [0, 0.1) is 0 Å². The largest absolute Gasteiger partial charge is 0.388 e. The summed E-state index contributed by atoms with van der Waals surface area (Å²) in [5.41, 5.74) is 0.794. The van der Waals surface area contributed by atoms with Crippen molar-refractivity contribution in [3.8, 4) is 0 Å². The second-order valence-corrected chi connectivity index (χ2v) is 4.92. The van der Waals surface area contributed by atoms with Gasteiger partial charge in [0.25, 0.3) is 0 Å². The van der Waals surface area contributed by atoms with Crippen LogP contribution in [0.5, 0.6) is 0 Å². The fourth-order valence-electron chi connectivity index (χ4n) is 2.10. The van der Waals surface area contributed by atoms with Crippen molar-refractivity contribution in [2.24, 2.45) is 0 Å². The normalized spacial score (nSPS) is 20.3. The van der Waals surface area contributed by atoms with Crippen LogP contribution in [0.25, 0.3) is 0 Å². The second-order valence-electron chi connectivity index (χ2n) is 4.65. The van der Waals surface area contributed by atoms with Crippen LogP contribution in [0.15, 0.2) is 11.8 Å². The quantitative estimate of drug-likeness (QED) is 0.421. The molecule has 0 spiro atoms. The summed E-state index contributed by atoms with van der Waals surface area (Å²) in [7, 11) is 0. The minimum Gasteiger partial charge on any atom is -0.388 e. The minimum absolute atomic E-state index is 0.357. The summed E-state index contributed by atoms with van der Waals surface area (Å²) in [6.07, 6.45) is 6.30. The lowest BCUT2D eigenvalue weighted by molar-refractivity contribution is 0.520. The van der Waals surface area contributed by atoms with E-state index in [4.69, 9.17) is 11.6 Å². The van der Waals surface area contributed by atoms with Gasteiger partial charge in [-0.25, -0.2) is 4.39 Å². The van der Waals surface area contributed by atoms with Gasteiger partial charge in [-0.2, -0.15) is 0 Å². The summed E-state index contributed by atoms with van der Waals surface area (Å²) in [6, 6.07) is 0.665. The molecule has 0 aromatic rings. The molecular formula is C13H25ClFN3. The second kappa shape index (κ2) is 10.6. The third-order valence-corrected chi connectivity index (χ3v) is 3.44. The van der Waals surface area contributed by atoms with E-state index in [9.17, 15) is 4.39 Å². The number of hydrogen-bond donors (Lipinski definition) is 3. The van der Waals surface area contributed by atoms with E-state index in [0.29, 0.717) is 11.9 Å². The maximum Gasteiger partial charge on any atom is 0.110 e. The number of unbranched alkanes of at least 4 members (excludes halogenated alkanes) is 1. The van der Waals surface area contributed by atoms with Crippen molar-refractivity contribution in [2.75, 3.05) is 38.7 Å². The van der Waals surface area contributed by atoms with Gasteiger partial charge in [-0.1, -0.05) is 0 Å². The van der Waals surface area contributed by atoms with Crippen molar-refractivity contribution in [2.45, 2.75) is 31.7 Å². The molecule has 0 aromatic carbocycles. The van der Waals surface area contributed by atoms with Crippen molar-refractivity contribution >= 4 is 11.6 Å². The Morgan fingerprint density at radius 3 is 2.89 bits per heavy atom. The zero-order valence-electron chi connectivity index (χ0n) is 11.0. The predicted octanol–water partition coefficient (Wildman–Crippen LogP) is 1.79. The van der Waals surface area contributed by atoms with Crippen molar-refractivity contribution in [1.82, 2.24) is 16.0 Å². The molecule has 5 heteroatoms. The van der Waals surface area contributed by atoms with Crippen LogP contribution in [-0.4, -0.2) is 44.8 Å². The molecule has 3 nitrogen and oxygen atoms in total. The highest BCUT2D eigenvalue weighted by Gasteiger charge is 2.12. The number of halogens is 2. The maximum atomic E-state index is 12.1. The van der Waals surface area contributed by atoms with Crippen molar-refractivity contribution in [1.29, 1.82) is 0 Å². The molecule has 18 heavy (non-hydrogen) atoms. The van der Waals surface area contributed by atoms with Crippen LogP contribution in [0.2, 0.25) is 0 Å². The molecule has 3 N–H and O–H groups in total. The molecule has 0 amide bonds. The number of hydrogen-bond acceptors (Lipinski definition) is 3. The van der Waals surface area contributed by atoms with E-state index < -0.39 is 6.67 Å². The van der Waals surface area contributed by atoms with Crippen LogP contribution in [0.4, 0.5) is 4.39 Å². The van der Waals surface area contributed by atoms with E-state index >= 15 is 0 Å². The van der Waals surface area contributed by atoms with Crippen molar-refractivity contribution < 1.29 is 4.39 Å². The summed E-state index contributed by atoms with van der Waals surface area (Å²) in [5, 5.41) is 10.1. The van der Waals surface area contributed by atoms with E-state index in [1.54, 1.807) is 0 Å². The smallest absolute Gasteiger partial charge is 0.110 e. The summed E-state index contributed by atoms with van der Waals surface area (Å²) >= 11 is 5.66. The lowest BCUT2D eigenvalue weighted by Crippen LogP contribution is -2.34. The van der Waals surface area contributed by atoms with Crippen LogP contribution in [-0.2, 0) is 0 Å². The van der Waals surface area contributed by atoms with E-state index in [-0.39, 0.29) is 0 Å². The van der Waals surface area contributed by atoms with E-state index in [0.717, 1.165) is 38.2 Å². The topological polar surface area (TPSA) is 36.1 Å². The molecular weight excluding hydrogens is 253 g/mol. The van der Waals surface area contributed by atoms with E-state index in [2.05, 4.69) is 16.0 Å². The highest BCUT2D eigenvalue weighted by molar-refractivity contribution is 6.19. The van der Waals surface area contributed by atoms with Crippen LogP contribution < -0.4 is 16.0 Å². The predicted molar refractivity (Wildman–Crippen MR) is 75.9 cm³/mol. The molecule has 0 saturated carbocycles. The van der Waals surface area contributed by atoms with Gasteiger partial charge in [-0.05, 0) is 44.8 Å². The van der Waals surface area contributed by atoms with Gasteiger partial charge in [0, 0.05) is 24.8 Å². The fourth-order valence-corrected chi connectivity index (χ4v) is 2.30. The van der Waals surface area contributed by atoms with Crippen LogP contribution in [0.3, 0.4) is 0 Å². The van der Waals surface area contributed by atoms with Gasteiger partial charge in [0.05, 0.1) is 5.88 Å². The molecule has 1 fully saturated rings. The van der Waals surface area contributed by atoms with Gasteiger partial charge in [0.1, 0.15) is 6.67 Å². The molecule has 1 atom stereocenters. The Bertz CT molecular complexity index is 230. The number of rotatable bonds is 10. The monoisotopic (exact) mass is 277 g/mol. The first kappa shape index (κ1) is 15.7. The molecule has 1 rings (SSSR count). The molecule has 1 saturated heterocycles. The first-order chi connectivity index (χ1) is 8.86. The van der Waals surface area contributed by atoms with Gasteiger partial charge < -0.3 is 16.0 Å². The van der Waals surface area contributed by atoms with Gasteiger partial charge in [-0.3, -0.25) is 0 Å². The van der Waals surface area contributed by atoms with Crippen molar-refractivity contribution in [3.05, 3.63) is 11.8 Å². The van der Waals surface area contributed by atoms with E-state index in [1.807, 2.05) is 0 Å². The Hall–Kier alpha value is -0.320. The first-order valence-electron chi connectivity index (χ1n) is 6.85. The lowest BCUT2D eigenvalue weighted by Gasteiger charge is -2.11. The Morgan fingerprint density at radius 1 is 1.39 bits per heavy atom. The molecule has 0 aromatic heterocycles. The number of allylic oxidation sites excluding steroid dienone is 2. The summed E-state index contributed by atoms with van der Waals surface area (Å²) in [6.45, 7) is 3.69. The summed E-state index contributed by atoms with van der Waals surface area (Å²) < 4.78 is 12.1. The summed E-state index contributed by atoms with van der Waals surface area (Å²) in [4.78, 5) is 0. The lowest BCUT2D eigenvalue weighted by atomic mass is 10.2. The maximum absolute atomic E-state index is 12.1. The standard InChI is InChI=1S/C13H25ClFN3/c14-10-12(5-6-15)17-8-2-1-7-16-11-13-4-3-9-18-13/h5,13,16-18H,1-4,6-11H2/b12-5+/t13-/m0/s1. The Kier molecular flexibility index (Phi) is 9.26.